The zero-order chi connectivity index (χ0) is 13.2. The second-order valence-corrected chi connectivity index (χ2v) is 4.46. The monoisotopic (exact) mass is 258 g/mol. The SMILES string of the molecule is Cc1cnc(=O)[nH]c1-c1ccc2c(c1)OCCCO2. The topological polar surface area (TPSA) is 64.2 Å². The molecule has 0 amide bonds. The maximum absolute atomic E-state index is 11.3. The first kappa shape index (κ1) is 11.8. The maximum atomic E-state index is 11.3. The molecule has 0 radical (unpaired) electrons. The molecule has 2 aromatic rings. The number of rotatable bonds is 1. The van der Waals surface area contributed by atoms with E-state index in [1.54, 1.807) is 6.20 Å². The maximum Gasteiger partial charge on any atom is 0.345 e. The average Bonchev–Trinajstić information content (AvgIpc) is 2.66. The number of fused-ring (bicyclic) bond motifs is 1. The Kier molecular flexibility index (Phi) is 2.95. The van der Waals surface area contributed by atoms with E-state index < -0.39 is 0 Å². The van der Waals surface area contributed by atoms with E-state index in [2.05, 4.69) is 9.97 Å². The minimum atomic E-state index is -0.354. The van der Waals surface area contributed by atoms with Gasteiger partial charge in [0, 0.05) is 18.2 Å². The quantitative estimate of drug-likeness (QED) is 0.848. The molecule has 0 atom stereocenters. The molecule has 1 aliphatic heterocycles. The molecule has 1 aliphatic rings. The fraction of sp³-hybridized carbons (Fsp3) is 0.286. The van der Waals surface area contributed by atoms with Gasteiger partial charge >= 0.3 is 5.69 Å². The van der Waals surface area contributed by atoms with Crippen molar-refractivity contribution in [3.8, 4) is 22.8 Å². The summed E-state index contributed by atoms with van der Waals surface area (Å²) < 4.78 is 11.2. The number of nitrogens with one attached hydrogen (secondary N) is 1. The standard InChI is InChI=1S/C14H14N2O3/c1-9-8-15-14(17)16-13(9)10-3-4-11-12(7-10)19-6-2-5-18-11/h3-4,7-8H,2,5-6H2,1H3,(H,15,16,17). The van der Waals surface area contributed by atoms with Gasteiger partial charge in [0.25, 0.3) is 0 Å². The number of aromatic nitrogens is 2. The predicted octanol–water partition coefficient (Wildman–Crippen LogP) is 1.91. The van der Waals surface area contributed by atoms with Crippen LogP contribution in [0.1, 0.15) is 12.0 Å². The van der Waals surface area contributed by atoms with E-state index in [9.17, 15) is 4.79 Å². The van der Waals surface area contributed by atoms with Crippen LogP contribution < -0.4 is 15.2 Å². The van der Waals surface area contributed by atoms with Gasteiger partial charge in [-0.25, -0.2) is 9.78 Å². The van der Waals surface area contributed by atoms with Crippen molar-refractivity contribution in [2.24, 2.45) is 0 Å². The summed E-state index contributed by atoms with van der Waals surface area (Å²) in [6.07, 6.45) is 2.44. The number of aryl methyl sites for hydroxylation is 1. The molecule has 1 N–H and O–H groups in total. The number of hydrogen-bond acceptors (Lipinski definition) is 4. The fourth-order valence-corrected chi connectivity index (χ4v) is 2.08. The van der Waals surface area contributed by atoms with Crippen LogP contribution in [0.15, 0.2) is 29.2 Å². The molecule has 0 saturated carbocycles. The van der Waals surface area contributed by atoms with Crippen molar-refractivity contribution in [3.63, 3.8) is 0 Å². The van der Waals surface area contributed by atoms with E-state index in [0.29, 0.717) is 19.0 Å². The van der Waals surface area contributed by atoms with Crippen LogP contribution in [0.2, 0.25) is 0 Å². The lowest BCUT2D eigenvalue weighted by Crippen LogP contribution is -2.11. The van der Waals surface area contributed by atoms with Crippen molar-refractivity contribution in [1.29, 1.82) is 0 Å². The van der Waals surface area contributed by atoms with Crippen LogP contribution in [0.5, 0.6) is 11.5 Å². The van der Waals surface area contributed by atoms with Gasteiger partial charge in [0.05, 0.1) is 18.9 Å². The van der Waals surface area contributed by atoms with Crippen molar-refractivity contribution >= 4 is 0 Å². The third kappa shape index (κ3) is 2.31. The highest BCUT2D eigenvalue weighted by Gasteiger charge is 2.12. The van der Waals surface area contributed by atoms with Gasteiger partial charge in [-0.3, -0.25) is 0 Å². The molecule has 0 unspecified atom stereocenters. The number of benzene rings is 1. The van der Waals surface area contributed by atoms with Gasteiger partial charge in [0.2, 0.25) is 0 Å². The Morgan fingerprint density at radius 2 is 2.00 bits per heavy atom. The first-order valence-corrected chi connectivity index (χ1v) is 6.20. The summed E-state index contributed by atoms with van der Waals surface area (Å²) >= 11 is 0. The highest BCUT2D eigenvalue weighted by Crippen LogP contribution is 2.34. The summed E-state index contributed by atoms with van der Waals surface area (Å²) in [4.78, 5) is 17.8. The van der Waals surface area contributed by atoms with Crippen molar-refractivity contribution in [1.82, 2.24) is 9.97 Å². The third-order valence-electron chi connectivity index (χ3n) is 3.04. The van der Waals surface area contributed by atoms with Crippen molar-refractivity contribution in [3.05, 3.63) is 40.4 Å². The first-order valence-electron chi connectivity index (χ1n) is 6.20. The molecule has 1 aromatic carbocycles. The molecule has 0 bridgehead atoms. The number of nitrogens with zero attached hydrogens (tertiary/aromatic N) is 1. The molecule has 19 heavy (non-hydrogen) atoms. The fourth-order valence-electron chi connectivity index (χ4n) is 2.08. The highest BCUT2D eigenvalue weighted by atomic mass is 16.5. The van der Waals surface area contributed by atoms with E-state index >= 15 is 0 Å². The van der Waals surface area contributed by atoms with Gasteiger partial charge in [0.1, 0.15) is 0 Å². The Morgan fingerprint density at radius 3 is 2.84 bits per heavy atom. The Labute approximate surface area is 110 Å². The van der Waals surface area contributed by atoms with Crippen molar-refractivity contribution in [2.45, 2.75) is 13.3 Å². The van der Waals surface area contributed by atoms with Crippen LogP contribution in [0.4, 0.5) is 0 Å². The lowest BCUT2D eigenvalue weighted by molar-refractivity contribution is 0.297. The molecule has 3 rings (SSSR count). The zero-order valence-corrected chi connectivity index (χ0v) is 10.6. The van der Waals surface area contributed by atoms with Gasteiger partial charge in [-0.05, 0) is 30.7 Å². The minimum Gasteiger partial charge on any atom is -0.490 e. The van der Waals surface area contributed by atoms with E-state index in [1.165, 1.54) is 0 Å². The zero-order valence-electron chi connectivity index (χ0n) is 10.6. The Morgan fingerprint density at radius 1 is 1.21 bits per heavy atom. The van der Waals surface area contributed by atoms with Crippen LogP contribution in [0, 0.1) is 6.92 Å². The molecule has 0 saturated heterocycles. The van der Waals surface area contributed by atoms with Crippen molar-refractivity contribution in [2.75, 3.05) is 13.2 Å². The summed E-state index contributed by atoms with van der Waals surface area (Å²) in [7, 11) is 0. The summed E-state index contributed by atoms with van der Waals surface area (Å²) in [5, 5.41) is 0. The molecule has 5 nitrogen and oxygen atoms in total. The Bertz CT molecular complexity index is 664. The minimum absolute atomic E-state index is 0.354. The molecule has 0 fully saturated rings. The lowest BCUT2D eigenvalue weighted by Gasteiger charge is -2.10. The van der Waals surface area contributed by atoms with Gasteiger partial charge in [-0.2, -0.15) is 0 Å². The second kappa shape index (κ2) is 4.76. The first-order chi connectivity index (χ1) is 9.24. The number of hydrogen-bond donors (Lipinski definition) is 1. The van der Waals surface area contributed by atoms with Crippen LogP contribution >= 0.6 is 0 Å². The van der Waals surface area contributed by atoms with Gasteiger partial charge in [-0.1, -0.05) is 0 Å². The van der Waals surface area contributed by atoms with Crippen LogP contribution in [0.3, 0.4) is 0 Å². The molecule has 5 heteroatoms. The van der Waals surface area contributed by atoms with Crippen LogP contribution in [-0.2, 0) is 0 Å². The highest BCUT2D eigenvalue weighted by molar-refractivity contribution is 5.66. The van der Waals surface area contributed by atoms with Crippen LogP contribution in [-0.4, -0.2) is 23.2 Å². The third-order valence-corrected chi connectivity index (χ3v) is 3.04. The number of H-pyrrole nitrogens is 1. The summed E-state index contributed by atoms with van der Waals surface area (Å²) in [6.45, 7) is 3.21. The number of ether oxygens (including phenoxy) is 2. The molecule has 0 aliphatic carbocycles. The van der Waals surface area contributed by atoms with E-state index in [4.69, 9.17) is 9.47 Å². The molecule has 2 heterocycles. The lowest BCUT2D eigenvalue weighted by atomic mass is 10.1. The molecule has 0 spiro atoms. The molecule has 98 valence electrons. The van der Waals surface area contributed by atoms with Crippen LogP contribution in [0.25, 0.3) is 11.3 Å². The Hall–Kier alpha value is -2.30. The Balaban J connectivity index is 2.08. The summed E-state index contributed by atoms with van der Waals surface area (Å²) in [6, 6.07) is 5.67. The molecular weight excluding hydrogens is 244 g/mol. The summed E-state index contributed by atoms with van der Waals surface area (Å²) in [5.41, 5.74) is 2.21. The van der Waals surface area contributed by atoms with E-state index in [0.717, 1.165) is 29.0 Å². The van der Waals surface area contributed by atoms with Gasteiger partial charge in [0.15, 0.2) is 11.5 Å². The molecular formula is C14H14N2O3. The molecule has 1 aromatic heterocycles. The normalized spacial score (nSPS) is 13.9. The average molecular weight is 258 g/mol. The van der Waals surface area contributed by atoms with Crippen molar-refractivity contribution < 1.29 is 9.47 Å². The smallest absolute Gasteiger partial charge is 0.345 e. The van der Waals surface area contributed by atoms with Gasteiger partial charge in [-0.15, -0.1) is 0 Å². The van der Waals surface area contributed by atoms with E-state index in [1.807, 2.05) is 25.1 Å². The van der Waals surface area contributed by atoms with Gasteiger partial charge < -0.3 is 14.5 Å². The second-order valence-electron chi connectivity index (χ2n) is 4.46. The summed E-state index contributed by atoms with van der Waals surface area (Å²) in [5.74, 6) is 1.46. The largest absolute Gasteiger partial charge is 0.490 e. The predicted molar refractivity (Wildman–Crippen MR) is 70.6 cm³/mol. The number of aromatic amines is 1. The van der Waals surface area contributed by atoms with E-state index in [-0.39, 0.29) is 5.69 Å².